The second-order valence-corrected chi connectivity index (χ2v) is 7.59. The van der Waals surface area contributed by atoms with Crippen LogP contribution in [0.4, 0.5) is 4.39 Å². The number of fused-ring (bicyclic) bond motifs is 3. The van der Waals surface area contributed by atoms with E-state index in [1.54, 1.807) is 12.1 Å². The van der Waals surface area contributed by atoms with Gasteiger partial charge in [-0.05, 0) is 34.9 Å². The molecule has 0 saturated carbocycles. The summed E-state index contributed by atoms with van der Waals surface area (Å²) in [5, 5.41) is 11.0. The maximum Gasteiger partial charge on any atom is 0.131 e. The predicted octanol–water partition coefficient (Wildman–Crippen LogP) is 6.27. The van der Waals surface area contributed by atoms with Crippen molar-refractivity contribution in [3.63, 3.8) is 0 Å². The Morgan fingerprint density at radius 3 is 2.42 bits per heavy atom. The van der Waals surface area contributed by atoms with Crippen LogP contribution in [0.3, 0.4) is 0 Å². The van der Waals surface area contributed by atoms with E-state index in [0.717, 1.165) is 21.2 Å². The topological polar surface area (TPSA) is 20.2 Å². The van der Waals surface area contributed by atoms with E-state index in [1.165, 1.54) is 11.6 Å². The van der Waals surface area contributed by atoms with Crippen molar-refractivity contribution in [2.24, 2.45) is 0 Å². The summed E-state index contributed by atoms with van der Waals surface area (Å²) >= 11 is 3.38. The molecule has 1 N–H and O–H groups in total. The van der Waals surface area contributed by atoms with Crippen LogP contribution in [0.1, 0.15) is 25.0 Å². The van der Waals surface area contributed by atoms with E-state index in [4.69, 9.17) is 0 Å². The highest BCUT2D eigenvalue weighted by molar-refractivity contribution is 9.10. The maximum atomic E-state index is 14.3. The predicted molar refractivity (Wildman–Crippen MR) is 98.8 cm³/mol. The Kier molecular flexibility index (Phi) is 3.33. The fourth-order valence-corrected chi connectivity index (χ4v) is 4.06. The molecule has 3 aromatic carbocycles. The van der Waals surface area contributed by atoms with Gasteiger partial charge in [0.25, 0.3) is 0 Å². The molecule has 120 valence electrons. The van der Waals surface area contributed by atoms with Crippen molar-refractivity contribution in [1.82, 2.24) is 0 Å². The molecule has 0 saturated heterocycles. The summed E-state index contributed by atoms with van der Waals surface area (Å²) in [5.41, 5.74) is 4.81. The smallest absolute Gasteiger partial charge is 0.131 e. The second-order valence-electron chi connectivity index (χ2n) is 6.68. The van der Waals surface area contributed by atoms with Gasteiger partial charge < -0.3 is 5.11 Å². The van der Waals surface area contributed by atoms with Gasteiger partial charge in [-0.3, -0.25) is 0 Å². The summed E-state index contributed by atoms with van der Waals surface area (Å²) in [4.78, 5) is 0. The van der Waals surface area contributed by atoms with E-state index in [0.29, 0.717) is 11.1 Å². The maximum absolute atomic E-state index is 14.3. The molecule has 0 amide bonds. The Balaban J connectivity index is 2.04. The van der Waals surface area contributed by atoms with Crippen LogP contribution in [0.25, 0.3) is 22.3 Å². The number of aromatic hydroxyl groups is 1. The third-order valence-corrected chi connectivity index (χ3v) is 5.43. The zero-order chi connectivity index (χ0) is 17.1. The first-order chi connectivity index (χ1) is 11.4. The molecule has 0 aromatic heterocycles. The first-order valence-electron chi connectivity index (χ1n) is 7.83. The van der Waals surface area contributed by atoms with Crippen LogP contribution < -0.4 is 0 Å². The van der Waals surface area contributed by atoms with Crippen molar-refractivity contribution in [2.45, 2.75) is 19.3 Å². The number of phenols is 1. The summed E-state index contributed by atoms with van der Waals surface area (Å²) < 4.78 is 15.1. The largest absolute Gasteiger partial charge is 0.507 e. The molecule has 0 unspecified atom stereocenters. The second kappa shape index (κ2) is 5.18. The fraction of sp³-hybridized carbons (Fsp3) is 0.143. The van der Waals surface area contributed by atoms with Crippen LogP contribution in [0.2, 0.25) is 0 Å². The van der Waals surface area contributed by atoms with Gasteiger partial charge in [-0.1, -0.05) is 66.2 Å². The van der Waals surface area contributed by atoms with Crippen molar-refractivity contribution in [3.05, 3.63) is 76.0 Å². The molecular formula is C21H16BrFO. The van der Waals surface area contributed by atoms with Gasteiger partial charge in [0.15, 0.2) is 0 Å². The minimum atomic E-state index is -0.348. The number of hydrogen-bond acceptors (Lipinski definition) is 1. The van der Waals surface area contributed by atoms with E-state index < -0.39 is 0 Å². The third kappa shape index (κ3) is 2.04. The van der Waals surface area contributed by atoms with Gasteiger partial charge in [-0.15, -0.1) is 0 Å². The molecule has 0 radical (unpaired) electrons. The highest BCUT2D eigenvalue weighted by Gasteiger charge is 2.37. The summed E-state index contributed by atoms with van der Waals surface area (Å²) in [5.74, 6) is -0.207. The Labute approximate surface area is 148 Å². The molecule has 0 aliphatic heterocycles. The summed E-state index contributed by atoms with van der Waals surface area (Å²) in [6.07, 6.45) is 0. The van der Waals surface area contributed by atoms with Crippen LogP contribution >= 0.6 is 15.9 Å². The van der Waals surface area contributed by atoms with E-state index >= 15 is 0 Å². The molecule has 4 rings (SSSR count). The average molecular weight is 383 g/mol. The van der Waals surface area contributed by atoms with Gasteiger partial charge in [0.1, 0.15) is 11.6 Å². The van der Waals surface area contributed by atoms with Gasteiger partial charge in [-0.2, -0.15) is 0 Å². The molecule has 0 spiro atoms. The standard InChI is InChI=1S/C21H16BrFO/c1-21(2)16-6-4-3-5-14(16)19-17(21)9-8-13(20(19)24)15-11-12(22)7-10-18(15)23/h3-11,24H,1-2H3. The highest BCUT2D eigenvalue weighted by Crippen LogP contribution is 2.54. The van der Waals surface area contributed by atoms with Gasteiger partial charge in [-0.25, -0.2) is 4.39 Å². The molecule has 3 aromatic rings. The minimum Gasteiger partial charge on any atom is -0.507 e. The first-order valence-corrected chi connectivity index (χ1v) is 8.62. The quantitative estimate of drug-likeness (QED) is 0.525. The molecule has 0 atom stereocenters. The zero-order valence-electron chi connectivity index (χ0n) is 13.4. The Morgan fingerprint density at radius 1 is 0.875 bits per heavy atom. The van der Waals surface area contributed by atoms with Gasteiger partial charge in [0, 0.05) is 26.6 Å². The van der Waals surface area contributed by atoms with Gasteiger partial charge in [0.2, 0.25) is 0 Å². The van der Waals surface area contributed by atoms with Crippen LogP contribution in [-0.4, -0.2) is 5.11 Å². The lowest BCUT2D eigenvalue weighted by molar-refractivity contribution is 0.477. The summed E-state index contributed by atoms with van der Waals surface area (Å²) in [7, 11) is 0. The van der Waals surface area contributed by atoms with Crippen LogP contribution in [0.5, 0.6) is 5.75 Å². The lowest BCUT2D eigenvalue weighted by Gasteiger charge is -2.21. The van der Waals surface area contributed by atoms with E-state index in [2.05, 4.69) is 35.8 Å². The first kappa shape index (κ1) is 15.4. The number of hydrogen-bond donors (Lipinski definition) is 1. The van der Waals surface area contributed by atoms with E-state index in [9.17, 15) is 9.50 Å². The zero-order valence-corrected chi connectivity index (χ0v) is 15.0. The van der Waals surface area contributed by atoms with Crippen LogP contribution in [-0.2, 0) is 5.41 Å². The SMILES string of the molecule is CC1(C)c2ccccc2-c2c1ccc(-c1cc(Br)ccc1F)c2O. The summed E-state index contributed by atoms with van der Waals surface area (Å²) in [6.45, 7) is 4.30. The van der Waals surface area contributed by atoms with Crippen molar-refractivity contribution >= 4 is 15.9 Å². The molecule has 1 nitrogen and oxygen atoms in total. The Bertz CT molecular complexity index is 976. The Morgan fingerprint density at radius 2 is 1.62 bits per heavy atom. The lowest BCUT2D eigenvalue weighted by atomic mass is 9.82. The Hall–Kier alpha value is -2.13. The fourth-order valence-electron chi connectivity index (χ4n) is 3.70. The van der Waals surface area contributed by atoms with Crippen LogP contribution in [0.15, 0.2) is 59.1 Å². The minimum absolute atomic E-state index is 0.141. The number of halogens is 2. The third-order valence-electron chi connectivity index (χ3n) is 4.94. The lowest BCUT2D eigenvalue weighted by Crippen LogP contribution is -2.14. The molecular weight excluding hydrogens is 367 g/mol. The van der Waals surface area contributed by atoms with Gasteiger partial charge >= 0.3 is 0 Å². The van der Waals surface area contributed by atoms with E-state index in [-0.39, 0.29) is 17.0 Å². The van der Waals surface area contributed by atoms with Crippen molar-refractivity contribution < 1.29 is 9.50 Å². The number of benzene rings is 3. The van der Waals surface area contributed by atoms with Crippen molar-refractivity contribution in [2.75, 3.05) is 0 Å². The molecule has 1 aliphatic carbocycles. The molecule has 3 heteroatoms. The van der Waals surface area contributed by atoms with Crippen molar-refractivity contribution in [1.29, 1.82) is 0 Å². The monoisotopic (exact) mass is 382 g/mol. The van der Waals surface area contributed by atoms with Crippen LogP contribution in [0, 0.1) is 5.82 Å². The van der Waals surface area contributed by atoms with E-state index in [1.807, 2.05) is 30.3 Å². The molecule has 0 bridgehead atoms. The average Bonchev–Trinajstić information content (AvgIpc) is 2.80. The van der Waals surface area contributed by atoms with Crippen molar-refractivity contribution in [3.8, 4) is 28.0 Å². The molecule has 24 heavy (non-hydrogen) atoms. The number of rotatable bonds is 1. The number of phenolic OH excluding ortho intramolecular Hbond substituents is 1. The normalized spacial score (nSPS) is 14.3. The molecule has 1 aliphatic rings. The van der Waals surface area contributed by atoms with Gasteiger partial charge in [0.05, 0.1) is 0 Å². The molecule has 0 heterocycles. The summed E-state index contributed by atoms with van der Waals surface area (Å²) in [6, 6.07) is 16.7. The highest BCUT2D eigenvalue weighted by atomic mass is 79.9. The molecule has 0 fully saturated rings.